The summed E-state index contributed by atoms with van der Waals surface area (Å²) in [6.07, 6.45) is -2.46. The van der Waals surface area contributed by atoms with Gasteiger partial charge in [0, 0.05) is 38.5 Å². The van der Waals surface area contributed by atoms with E-state index in [0.29, 0.717) is 49.7 Å². The van der Waals surface area contributed by atoms with E-state index < -0.39 is 17.7 Å². The number of nitrogens with one attached hydrogen (secondary N) is 1. The molecule has 3 aliphatic rings. The summed E-state index contributed by atoms with van der Waals surface area (Å²) in [5.74, 6) is -1.10. The number of halogens is 4. The molecule has 2 fully saturated rings. The van der Waals surface area contributed by atoms with Crippen molar-refractivity contribution in [1.29, 1.82) is 0 Å². The summed E-state index contributed by atoms with van der Waals surface area (Å²) in [5, 5.41) is 2.96. The lowest BCUT2D eigenvalue weighted by Crippen LogP contribution is -2.61. The molecule has 0 aliphatic carbocycles. The molecule has 3 aliphatic heterocycles. The summed E-state index contributed by atoms with van der Waals surface area (Å²) < 4.78 is 60.2. The quantitative estimate of drug-likeness (QED) is 0.677. The lowest BCUT2D eigenvalue weighted by molar-refractivity contribution is -0.137. The first-order valence-electron chi connectivity index (χ1n) is 11.7. The molecular weight excluding hydrogens is 450 g/mol. The van der Waals surface area contributed by atoms with Crippen molar-refractivity contribution in [2.45, 2.75) is 37.6 Å². The summed E-state index contributed by atoms with van der Waals surface area (Å²) in [7, 11) is 0. The first-order valence-corrected chi connectivity index (χ1v) is 11.7. The Morgan fingerprint density at radius 3 is 2.68 bits per heavy atom. The third kappa shape index (κ3) is 4.45. The van der Waals surface area contributed by atoms with Crippen LogP contribution in [0.1, 0.15) is 24.0 Å². The zero-order valence-corrected chi connectivity index (χ0v) is 18.7. The minimum absolute atomic E-state index is 0.0333. The van der Waals surface area contributed by atoms with Gasteiger partial charge < -0.3 is 19.9 Å². The lowest BCUT2D eigenvalue weighted by Gasteiger charge is -2.49. The predicted molar refractivity (Wildman–Crippen MR) is 120 cm³/mol. The van der Waals surface area contributed by atoms with Gasteiger partial charge in [-0.1, -0.05) is 12.1 Å². The fourth-order valence-electron chi connectivity index (χ4n) is 5.38. The number of benzene rings is 2. The second-order valence-electron chi connectivity index (χ2n) is 9.19. The summed E-state index contributed by atoms with van der Waals surface area (Å²) in [4.78, 5) is 17.2. The number of anilines is 2. The van der Waals surface area contributed by atoms with Crippen LogP contribution in [0.15, 0.2) is 42.5 Å². The van der Waals surface area contributed by atoms with Crippen molar-refractivity contribution in [1.82, 2.24) is 5.32 Å². The monoisotopic (exact) mass is 477 g/mol. The number of nitrogens with zero attached hydrogens (tertiary/aromatic N) is 2. The molecule has 2 saturated heterocycles. The van der Waals surface area contributed by atoms with Gasteiger partial charge in [0.15, 0.2) is 0 Å². The van der Waals surface area contributed by atoms with Crippen molar-refractivity contribution in [2.75, 3.05) is 42.6 Å². The van der Waals surface area contributed by atoms with Crippen LogP contribution >= 0.6 is 0 Å². The average molecular weight is 478 g/mol. The predicted octanol–water partition coefficient (Wildman–Crippen LogP) is 4.01. The zero-order valence-electron chi connectivity index (χ0n) is 18.7. The summed E-state index contributed by atoms with van der Waals surface area (Å²) in [6, 6.07) is 9.99. The minimum Gasteiger partial charge on any atom is -0.376 e. The molecule has 0 unspecified atom stereocenters. The van der Waals surface area contributed by atoms with E-state index in [9.17, 15) is 22.4 Å². The molecule has 3 atom stereocenters. The molecule has 9 heteroatoms. The maximum absolute atomic E-state index is 14.5. The molecule has 0 radical (unpaired) electrons. The Morgan fingerprint density at radius 1 is 1.12 bits per heavy atom. The summed E-state index contributed by atoms with van der Waals surface area (Å²) in [6.45, 7) is 2.44. The van der Waals surface area contributed by atoms with E-state index in [1.165, 1.54) is 12.1 Å². The highest BCUT2D eigenvalue weighted by Crippen LogP contribution is 2.40. The van der Waals surface area contributed by atoms with Crippen LogP contribution in [-0.4, -0.2) is 50.8 Å². The van der Waals surface area contributed by atoms with E-state index in [2.05, 4.69) is 5.32 Å². The smallest absolute Gasteiger partial charge is 0.376 e. The molecule has 182 valence electrons. The van der Waals surface area contributed by atoms with Gasteiger partial charge >= 0.3 is 6.18 Å². The third-order valence-corrected chi connectivity index (χ3v) is 7.10. The van der Waals surface area contributed by atoms with Gasteiger partial charge in [0.1, 0.15) is 5.82 Å². The van der Waals surface area contributed by atoms with Crippen molar-refractivity contribution in [3.8, 4) is 0 Å². The molecule has 34 heavy (non-hydrogen) atoms. The Kier molecular flexibility index (Phi) is 6.14. The third-order valence-electron chi connectivity index (χ3n) is 7.10. The Balaban J connectivity index is 1.44. The molecule has 2 aromatic rings. The van der Waals surface area contributed by atoms with Gasteiger partial charge in [-0.05, 0) is 55.2 Å². The number of carbonyl (C=O) groups excluding carboxylic acids is 1. The molecule has 0 aromatic heterocycles. The second-order valence-corrected chi connectivity index (χ2v) is 9.19. The molecule has 2 aromatic carbocycles. The number of carbonyl (C=O) groups is 1. The van der Waals surface area contributed by atoms with Gasteiger partial charge in [-0.3, -0.25) is 4.79 Å². The number of ether oxygens (including phenoxy) is 1. The number of piperazine rings is 1. The van der Waals surface area contributed by atoms with Crippen molar-refractivity contribution in [3.05, 3.63) is 59.4 Å². The van der Waals surface area contributed by atoms with E-state index in [-0.39, 0.29) is 30.3 Å². The van der Waals surface area contributed by atoms with Crippen LogP contribution in [0, 0.1) is 11.7 Å². The highest BCUT2D eigenvalue weighted by Gasteiger charge is 2.43. The summed E-state index contributed by atoms with van der Waals surface area (Å²) >= 11 is 0. The van der Waals surface area contributed by atoms with E-state index in [0.717, 1.165) is 25.0 Å². The number of alkyl halides is 3. The second kappa shape index (κ2) is 9.09. The average Bonchev–Trinajstić information content (AvgIpc) is 3.35. The van der Waals surface area contributed by atoms with Gasteiger partial charge in [0.2, 0.25) is 5.91 Å². The molecular formula is C25H27F4N3O2. The van der Waals surface area contributed by atoms with E-state index in [4.69, 9.17) is 4.74 Å². The van der Waals surface area contributed by atoms with Crippen molar-refractivity contribution >= 4 is 17.3 Å². The fourth-order valence-corrected chi connectivity index (χ4v) is 5.38. The Bertz CT molecular complexity index is 1050. The first kappa shape index (κ1) is 23.0. The standard InChI is InChI=1S/C25H27F4N3O2/c26-20-5-1-2-6-22(20)31-9-10-32-21-8-7-17(25(27,28)29)12-16(21)13-19(23(32)15-31)24(33)30-14-18-4-3-11-34-18/h1-2,5-8,12,18-19,23H,3-4,9-11,13-15H2,(H,30,33)/t18-,19-,23-/m0/s1. The van der Waals surface area contributed by atoms with Gasteiger partial charge in [-0.25, -0.2) is 4.39 Å². The van der Waals surface area contributed by atoms with E-state index in [1.54, 1.807) is 18.2 Å². The number of amides is 1. The Morgan fingerprint density at radius 2 is 1.94 bits per heavy atom. The molecule has 5 rings (SSSR count). The van der Waals surface area contributed by atoms with E-state index >= 15 is 0 Å². The van der Waals surface area contributed by atoms with Crippen LogP contribution < -0.4 is 15.1 Å². The van der Waals surface area contributed by atoms with Crippen molar-refractivity contribution < 1.29 is 27.1 Å². The molecule has 0 spiro atoms. The molecule has 3 heterocycles. The van der Waals surface area contributed by atoms with Gasteiger partial charge in [-0.15, -0.1) is 0 Å². The van der Waals surface area contributed by atoms with Crippen molar-refractivity contribution in [2.24, 2.45) is 5.92 Å². The largest absolute Gasteiger partial charge is 0.416 e. The molecule has 0 saturated carbocycles. The fraction of sp³-hybridized carbons (Fsp3) is 0.480. The van der Waals surface area contributed by atoms with Crippen LogP contribution in [0.2, 0.25) is 0 Å². The zero-order chi connectivity index (χ0) is 23.9. The van der Waals surface area contributed by atoms with Crippen LogP contribution in [0.25, 0.3) is 0 Å². The van der Waals surface area contributed by atoms with Gasteiger partial charge in [-0.2, -0.15) is 13.2 Å². The number of hydrogen-bond donors (Lipinski definition) is 1. The maximum atomic E-state index is 14.5. The number of para-hydroxylation sites is 1. The number of hydrogen-bond acceptors (Lipinski definition) is 4. The topological polar surface area (TPSA) is 44.8 Å². The normalized spacial score (nSPS) is 24.5. The molecule has 0 bridgehead atoms. The highest BCUT2D eigenvalue weighted by atomic mass is 19.4. The minimum atomic E-state index is -4.45. The molecule has 1 amide bonds. The number of fused-ring (bicyclic) bond motifs is 3. The van der Waals surface area contributed by atoms with Crippen LogP contribution in [0.4, 0.5) is 28.9 Å². The summed E-state index contributed by atoms with van der Waals surface area (Å²) in [5.41, 5.74) is 0.990. The lowest BCUT2D eigenvalue weighted by atomic mass is 9.82. The SMILES string of the molecule is O=C(NC[C@@H]1CCCO1)[C@H]1Cc2cc(C(F)(F)F)ccc2N2CCN(c3ccccc3F)C[C@@H]12. The first-order chi connectivity index (χ1) is 16.3. The Labute approximate surface area is 195 Å². The van der Waals surface area contributed by atoms with Crippen LogP contribution in [0.5, 0.6) is 0 Å². The van der Waals surface area contributed by atoms with Crippen molar-refractivity contribution in [3.63, 3.8) is 0 Å². The van der Waals surface area contributed by atoms with E-state index in [1.807, 2.05) is 9.80 Å². The highest BCUT2D eigenvalue weighted by molar-refractivity contribution is 5.82. The van der Waals surface area contributed by atoms with Crippen LogP contribution in [0.3, 0.4) is 0 Å². The maximum Gasteiger partial charge on any atom is 0.416 e. The molecule has 1 N–H and O–H groups in total. The Hall–Kier alpha value is -2.81. The van der Waals surface area contributed by atoms with Gasteiger partial charge in [0.25, 0.3) is 0 Å². The van der Waals surface area contributed by atoms with Gasteiger partial charge in [0.05, 0.1) is 29.3 Å². The molecule has 5 nitrogen and oxygen atoms in total. The number of rotatable bonds is 4. The van der Waals surface area contributed by atoms with Crippen LogP contribution in [-0.2, 0) is 22.1 Å².